The second-order valence-corrected chi connectivity index (χ2v) is 5.61. The number of piperidine rings is 1. The minimum Gasteiger partial charge on any atom is -0.488 e. The molecule has 0 aliphatic carbocycles. The lowest BCUT2D eigenvalue weighted by Gasteiger charge is -2.32. The molecule has 0 bridgehead atoms. The third-order valence-electron chi connectivity index (χ3n) is 3.39. The van der Waals surface area contributed by atoms with E-state index < -0.39 is 0 Å². The van der Waals surface area contributed by atoms with E-state index in [0.717, 1.165) is 30.7 Å². The van der Waals surface area contributed by atoms with E-state index >= 15 is 0 Å². The smallest absolute Gasteiger partial charge is 0.254 e. The van der Waals surface area contributed by atoms with Gasteiger partial charge in [-0.1, -0.05) is 0 Å². The maximum absolute atomic E-state index is 12.3. The van der Waals surface area contributed by atoms with Gasteiger partial charge in [0.2, 0.25) is 0 Å². The Labute approximate surface area is 122 Å². The number of carbonyl (C=O) groups is 1. The standard InChI is InChI=1S/C15H16N2O2S/c18-15(12-5-9-20-11-12)17-8-1-2-14(10-17)19-13-3-6-16-7-4-13/h3-7,9,11,14H,1-2,8,10H2. The molecule has 4 nitrogen and oxygen atoms in total. The second kappa shape index (κ2) is 6.05. The monoisotopic (exact) mass is 288 g/mol. The summed E-state index contributed by atoms with van der Waals surface area (Å²) in [5.41, 5.74) is 0.777. The first-order valence-electron chi connectivity index (χ1n) is 6.71. The maximum Gasteiger partial charge on any atom is 0.254 e. The first-order valence-corrected chi connectivity index (χ1v) is 7.65. The molecule has 0 radical (unpaired) electrons. The number of amides is 1. The molecule has 1 aliphatic rings. The van der Waals surface area contributed by atoms with Gasteiger partial charge in [-0.3, -0.25) is 9.78 Å². The van der Waals surface area contributed by atoms with Gasteiger partial charge >= 0.3 is 0 Å². The zero-order valence-electron chi connectivity index (χ0n) is 11.1. The lowest BCUT2D eigenvalue weighted by atomic mass is 10.1. The van der Waals surface area contributed by atoms with Crippen molar-refractivity contribution in [1.82, 2.24) is 9.88 Å². The Balaban J connectivity index is 1.63. The van der Waals surface area contributed by atoms with Crippen molar-refractivity contribution < 1.29 is 9.53 Å². The second-order valence-electron chi connectivity index (χ2n) is 4.83. The van der Waals surface area contributed by atoms with Gasteiger partial charge in [0.25, 0.3) is 5.91 Å². The van der Waals surface area contributed by atoms with Crippen LogP contribution < -0.4 is 4.74 Å². The molecule has 0 spiro atoms. The van der Waals surface area contributed by atoms with Crippen LogP contribution in [0.2, 0.25) is 0 Å². The highest BCUT2D eigenvalue weighted by Crippen LogP contribution is 2.19. The molecule has 2 aromatic heterocycles. The van der Waals surface area contributed by atoms with Crippen LogP contribution in [0.3, 0.4) is 0 Å². The summed E-state index contributed by atoms with van der Waals surface area (Å²) in [5.74, 6) is 0.920. The number of nitrogens with zero attached hydrogens (tertiary/aromatic N) is 2. The lowest BCUT2D eigenvalue weighted by molar-refractivity contribution is 0.0538. The fraction of sp³-hybridized carbons (Fsp3) is 0.333. The van der Waals surface area contributed by atoms with Crippen LogP contribution in [0.15, 0.2) is 41.4 Å². The maximum atomic E-state index is 12.3. The number of hydrogen-bond acceptors (Lipinski definition) is 4. The topological polar surface area (TPSA) is 42.4 Å². The summed E-state index contributed by atoms with van der Waals surface area (Å²) in [6.45, 7) is 1.46. The normalized spacial score (nSPS) is 18.8. The summed E-state index contributed by atoms with van der Waals surface area (Å²) in [4.78, 5) is 18.2. The number of carbonyl (C=O) groups excluding carboxylic acids is 1. The number of ether oxygens (including phenoxy) is 1. The Hall–Kier alpha value is -1.88. The number of aromatic nitrogens is 1. The van der Waals surface area contributed by atoms with Crippen molar-refractivity contribution in [3.8, 4) is 5.75 Å². The van der Waals surface area contributed by atoms with E-state index in [2.05, 4.69) is 4.98 Å². The molecule has 0 N–H and O–H groups in total. The SMILES string of the molecule is O=C(c1ccsc1)N1CCCC(Oc2ccncc2)C1. The first-order chi connectivity index (χ1) is 9.83. The van der Waals surface area contributed by atoms with Crippen LogP contribution in [0.4, 0.5) is 0 Å². The molecule has 1 aliphatic heterocycles. The summed E-state index contributed by atoms with van der Waals surface area (Å²) >= 11 is 1.55. The van der Waals surface area contributed by atoms with Crippen molar-refractivity contribution in [2.24, 2.45) is 0 Å². The summed E-state index contributed by atoms with van der Waals surface area (Å²) < 4.78 is 5.92. The average Bonchev–Trinajstić information content (AvgIpc) is 3.02. The Morgan fingerprint density at radius 3 is 2.95 bits per heavy atom. The largest absolute Gasteiger partial charge is 0.488 e. The number of rotatable bonds is 3. The van der Waals surface area contributed by atoms with E-state index in [-0.39, 0.29) is 12.0 Å². The summed E-state index contributed by atoms with van der Waals surface area (Å²) in [7, 11) is 0. The molecule has 104 valence electrons. The van der Waals surface area contributed by atoms with Crippen molar-refractivity contribution in [1.29, 1.82) is 0 Å². The fourth-order valence-corrected chi connectivity index (χ4v) is 3.03. The minimum atomic E-state index is 0.0636. The molecule has 1 saturated heterocycles. The van der Waals surface area contributed by atoms with Crippen LogP contribution in [0, 0.1) is 0 Å². The van der Waals surface area contributed by atoms with Crippen molar-refractivity contribution >= 4 is 17.2 Å². The van der Waals surface area contributed by atoms with Gasteiger partial charge < -0.3 is 9.64 Å². The zero-order valence-corrected chi connectivity index (χ0v) is 11.9. The molecule has 2 aromatic rings. The molecule has 3 heterocycles. The van der Waals surface area contributed by atoms with Crippen LogP contribution in [0.5, 0.6) is 5.75 Å². The van der Waals surface area contributed by atoms with Crippen molar-refractivity contribution in [3.05, 3.63) is 46.9 Å². The predicted octanol–water partition coefficient (Wildman–Crippen LogP) is 2.83. The van der Waals surface area contributed by atoms with Gasteiger partial charge in [0.1, 0.15) is 11.9 Å². The molecular weight excluding hydrogens is 272 g/mol. The van der Waals surface area contributed by atoms with E-state index in [0.29, 0.717) is 6.54 Å². The van der Waals surface area contributed by atoms with Gasteiger partial charge in [-0.25, -0.2) is 0 Å². The molecular formula is C15H16N2O2S. The molecule has 1 atom stereocenters. The molecule has 1 amide bonds. The Kier molecular flexibility index (Phi) is 3.97. The highest BCUT2D eigenvalue weighted by molar-refractivity contribution is 7.08. The van der Waals surface area contributed by atoms with Gasteiger partial charge in [0.15, 0.2) is 0 Å². The van der Waals surface area contributed by atoms with Crippen LogP contribution in [-0.2, 0) is 0 Å². The number of likely N-dealkylation sites (tertiary alicyclic amines) is 1. The van der Waals surface area contributed by atoms with Gasteiger partial charge in [0, 0.05) is 24.3 Å². The Bertz CT molecular complexity index is 557. The van der Waals surface area contributed by atoms with Crippen LogP contribution in [-0.4, -0.2) is 35.0 Å². The van der Waals surface area contributed by atoms with Crippen molar-refractivity contribution in [2.75, 3.05) is 13.1 Å². The van der Waals surface area contributed by atoms with E-state index in [4.69, 9.17) is 4.74 Å². The Morgan fingerprint density at radius 1 is 1.35 bits per heavy atom. The van der Waals surface area contributed by atoms with Gasteiger partial charge in [0.05, 0.1) is 12.1 Å². The summed E-state index contributed by atoms with van der Waals surface area (Å²) in [6.07, 6.45) is 5.45. The van der Waals surface area contributed by atoms with E-state index in [9.17, 15) is 4.79 Å². The van der Waals surface area contributed by atoms with E-state index in [1.54, 1.807) is 23.7 Å². The quantitative estimate of drug-likeness (QED) is 0.872. The van der Waals surface area contributed by atoms with Crippen molar-refractivity contribution in [2.45, 2.75) is 18.9 Å². The fourth-order valence-electron chi connectivity index (χ4n) is 2.40. The third kappa shape index (κ3) is 2.99. The minimum absolute atomic E-state index is 0.0636. The first kappa shape index (κ1) is 13.1. The number of thiophene rings is 1. The highest BCUT2D eigenvalue weighted by atomic mass is 32.1. The molecule has 1 unspecified atom stereocenters. The summed E-state index contributed by atoms with van der Waals surface area (Å²) in [6, 6.07) is 5.57. The molecule has 5 heteroatoms. The van der Waals surface area contributed by atoms with Gasteiger partial charge in [-0.2, -0.15) is 11.3 Å². The molecule has 0 aromatic carbocycles. The zero-order chi connectivity index (χ0) is 13.8. The molecule has 3 rings (SSSR count). The molecule has 20 heavy (non-hydrogen) atoms. The van der Waals surface area contributed by atoms with E-state index in [1.807, 2.05) is 33.9 Å². The highest BCUT2D eigenvalue weighted by Gasteiger charge is 2.25. The lowest BCUT2D eigenvalue weighted by Crippen LogP contribution is -2.44. The van der Waals surface area contributed by atoms with Crippen LogP contribution in [0.25, 0.3) is 0 Å². The summed E-state index contributed by atoms with van der Waals surface area (Å²) in [5, 5.41) is 3.83. The van der Waals surface area contributed by atoms with E-state index in [1.165, 1.54) is 0 Å². The van der Waals surface area contributed by atoms with Gasteiger partial charge in [-0.15, -0.1) is 0 Å². The Morgan fingerprint density at radius 2 is 2.20 bits per heavy atom. The number of hydrogen-bond donors (Lipinski definition) is 0. The van der Waals surface area contributed by atoms with Crippen LogP contribution >= 0.6 is 11.3 Å². The van der Waals surface area contributed by atoms with Crippen molar-refractivity contribution in [3.63, 3.8) is 0 Å². The molecule has 1 fully saturated rings. The van der Waals surface area contributed by atoms with Crippen LogP contribution in [0.1, 0.15) is 23.2 Å². The third-order valence-corrected chi connectivity index (χ3v) is 4.07. The molecule has 0 saturated carbocycles. The predicted molar refractivity (Wildman–Crippen MR) is 78.1 cm³/mol. The average molecular weight is 288 g/mol. The number of pyridine rings is 1. The van der Waals surface area contributed by atoms with Gasteiger partial charge in [-0.05, 0) is 36.4 Å².